The number of hydrogen-bond donors (Lipinski definition) is 1. The zero-order valence-electron chi connectivity index (χ0n) is 14.1. The minimum absolute atomic E-state index is 0.498. The van der Waals surface area contributed by atoms with E-state index in [1.54, 1.807) is 0 Å². The molecule has 2 rings (SSSR count). The van der Waals surface area contributed by atoms with Crippen molar-refractivity contribution in [1.82, 2.24) is 15.2 Å². The van der Waals surface area contributed by atoms with Crippen molar-refractivity contribution >= 4 is 16.5 Å². The van der Waals surface area contributed by atoms with Crippen LogP contribution in [0.15, 0.2) is 0 Å². The second kappa shape index (κ2) is 7.56. The smallest absolute Gasteiger partial charge is 0.185 e. The minimum atomic E-state index is 0.498. The molecule has 1 atom stereocenters. The van der Waals surface area contributed by atoms with Crippen molar-refractivity contribution in [2.45, 2.75) is 52.1 Å². The van der Waals surface area contributed by atoms with Crippen molar-refractivity contribution in [3.8, 4) is 0 Å². The van der Waals surface area contributed by atoms with E-state index in [0.29, 0.717) is 12.0 Å². The first-order valence-corrected chi connectivity index (χ1v) is 8.96. The van der Waals surface area contributed by atoms with Crippen LogP contribution in [0, 0.1) is 0 Å². The van der Waals surface area contributed by atoms with Gasteiger partial charge < -0.3 is 15.1 Å². The van der Waals surface area contributed by atoms with Gasteiger partial charge in [-0.1, -0.05) is 20.8 Å². The molecule has 120 valence electrons. The zero-order chi connectivity index (χ0) is 15.4. The van der Waals surface area contributed by atoms with Crippen LogP contribution in [0.4, 0.5) is 5.13 Å². The lowest BCUT2D eigenvalue weighted by Gasteiger charge is -2.36. The van der Waals surface area contributed by atoms with E-state index in [0.717, 1.165) is 26.2 Å². The van der Waals surface area contributed by atoms with Gasteiger partial charge in [0.05, 0.1) is 5.69 Å². The van der Waals surface area contributed by atoms with E-state index in [2.05, 4.69) is 50.0 Å². The number of hydrogen-bond acceptors (Lipinski definition) is 5. The van der Waals surface area contributed by atoms with Gasteiger partial charge in [0.2, 0.25) is 0 Å². The van der Waals surface area contributed by atoms with Gasteiger partial charge in [0.15, 0.2) is 5.13 Å². The summed E-state index contributed by atoms with van der Waals surface area (Å²) in [7, 11) is 4.37. The molecule has 1 N–H and O–H groups in total. The first-order chi connectivity index (χ1) is 10.0. The summed E-state index contributed by atoms with van der Waals surface area (Å²) in [5.74, 6) is 0.498. The standard InChI is InChI=1S/C16H30N4S/c1-6-17-10-14-15(12(2)3)18-16(21-14)20-9-7-8-13(11-20)19(4)5/h12-13,17H,6-11H2,1-5H3. The van der Waals surface area contributed by atoms with Crippen molar-refractivity contribution in [3.05, 3.63) is 10.6 Å². The number of likely N-dealkylation sites (N-methyl/N-ethyl adjacent to an activating group) is 1. The van der Waals surface area contributed by atoms with Gasteiger partial charge in [0, 0.05) is 30.6 Å². The quantitative estimate of drug-likeness (QED) is 0.875. The molecule has 0 aromatic carbocycles. The lowest BCUT2D eigenvalue weighted by Crippen LogP contribution is -2.45. The number of anilines is 1. The molecule has 0 radical (unpaired) electrons. The molecule has 21 heavy (non-hydrogen) atoms. The summed E-state index contributed by atoms with van der Waals surface area (Å²) in [4.78, 5) is 11.2. The molecular weight excluding hydrogens is 280 g/mol. The molecular formula is C16H30N4S. The van der Waals surface area contributed by atoms with Crippen molar-refractivity contribution < 1.29 is 0 Å². The molecule has 0 amide bonds. The Balaban J connectivity index is 2.15. The summed E-state index contributed by atoms with van der Waals surface area (Å²) in [5, 5.41) is 4.67. The van der Waals surface area contributed by atoms with E-state index >= 15 is 0 Å². The molecule has 4 nitrogen and oxygen atoms in total. The van der Waals surface area contributed by atoms with Crippen molar-refractivity contribution in [2.75, 3.05) is 38.6 Å². The summed E-state index contributed by atoms with van der Waals surface area (Å²) in [6, 6.07) is 0.655. The molecule has 0 aliphatic carbocycles. The first kappa shape index (κ1) is 16.7. The van der Waals surface area contributed by atoms with Gasteiger partial charge in [-0.2, -0.15) is 0 Å². The Labute approximate surface area is 133 Å². The van der Waals surface area contributed by atoms with Crippen LogP contribution in [0.5, 0.6) is 0 Å². The Bertz CT molecular complexity index is 441. The van der Waals surface area contributed by atoms with Gasteiger partial charge in [-0.15, -0.1) is 11.3 Å². The molecule has 1 aliphatic heterocycles. The monoisotopic (exact) mass is 310 g/mol. The van der Waals surface area contributed by atoms with Crippen LogP contribution in [0.3, 0.4) is 0 Å². The van der Waals surface area contributed by atoms with Gasteiger partial charge in [0.1, 0.15) is 0 Å². The van der Waals surface area contributed by atoms with Crippen LogP contribution in [0.25, 0.3) is 0 Å². The second-order valence-electron chi connectivity index (χ2n) is 6.45. The Morgan fingerprint density at radius 3 is 2.81 bits per heavy atom. The summed E-state index contributed by atoms with van der Waals surface area (Å²) in [5.41, 5.74) is 1.28. The summed E-state index contributed by atoms with van der Waals surface area (Å²) in [6.45, 7) is 10.9. The predicted molar refractivity (Wildman–Crippen MR) is 92.5 cm³/mol. The van der Waals surface area contributed by atoms with Crippen LogP contribution < -0.4 is 10.2 Å². The van der Waals surface area contributed by atoms with Crippen LogP contribution in [0.1, 0.15) is 50.1 Å². The second-order valence-corrected chi connectivity index (χ2v) is 7.51. The van der Waals surface area contributed by atoms with Gasteiger partial charge in [0.25, 0.3) is 0 Å². The third kappa shape index (κ3) is 4.18. The predicted octanol–water partition coefficient (Wildman–Crippen LogP) is 2.91. The third-order valence-corrected chi connectivity index (χ3v) is 5.33. The normalized spacial score (nSPS) is 19.8. The maximum Gasteiger partial charge on any atom is 0.185 e. The minimum Gasteiger partial charge on any atom is -0.347 e. The van der Waals surface area contributed by atoms with E-state index in [4.69, 9.17) is 4.98 Å². The summed E-state index contributed by atoms with van der Waals surface area (Å²) < 4.78 is 0. The maximum atomic E-state index is 4.97. The van der Waals surface area contributed by atoms with Crippen LogP contribution in [-0.2, 0) is 6.54 Å². The highest BCUT2D eigenvalue weighted by Crippen LogP contribution is 2.32. The fourth-order valence-electron chi connectivity index (χ4n) is 2.85. The van der Waals surface area contributed by atoms with Crippen LogP contribution in [-0.4, -0.2) is 49.7 Å². The molecule has 0 bridgehead atoms. The summed E-state index contributed by atoms with van der Waals surface area (Å²) in [6.07, 6.45) is 2.57. The average Bonchev–Trinajstić information content (AvgIpc) is 2.89. The van der Waals surface area contributed by atoms with E-state index in [-0.39, 0.29) is 0 Å². The van der Waals surface area contributed by atoms with Gasteiger partial charge in [-0.25, -0.2) is 4.98 Å². The fourth-order valence-corrected chi connectivity index (χ4v) is 4.07. The Morgan fingerprint density at radius 1 is 1.43 bits per heavy atom. The number of aromatic nitrogens is 1. The average molecular weight is 311 g/mol. The van der Waals surface area contributed by atoms with Crippen molar-refractivity contribution in [1.29, 1.82) is 0 Å². The molecule has 5 heteroatoms. The Hall–Kier alpha value is -0.650. The number of piperidine rings is 1. The highest BCUT2D eigenvalue weighted by Gasteiger charge is 2.25. The number of nitrogens with one attached hydrogen (secondary N) is 1. The molecule has 2 heterocycles. The van der Waals surface area contributed by atoms with Crippen LogP contribution >= 0.6 is 11.3 Å². The molecule has 0 saturated carbocycles. The van der Waals surface area contributed by atoms with Crippen LogP contribution in [0.2, 0.25) is 0 Å². The Kier molecular flexibility index (Phi) is 6.02. The lowest BCUT2D eigenvalue weighted by molar-refractivity contribution is 0.258. The van der Waals surface area contributed by atoms with Crippen molar-refractivity contribution in [2.24, 2.45) is 0 Å². The highest BCUT2D eigenvalue weighted by molar-refractivity contribution is 7.15. The third-order valence-electron chi connectivity index (χ3n) is 4.20. The fraction of sp³-hybridized carbons (Fsp3) is 0.812. The lowest BCUT2D eigenvalue weighted by atomic mass is 10.1. The van der Waals surface area contributed by atoms with Gasteiger partial charge in [-0.3, -0.25) is 0 Å². The number of thiazole rings is 1. The summed E-state index contributed by atoms with van der Waals surface area (Å²) >= 11 is 1.88. The Morgan fingerprint density at radius 2 is 2.19 bits per heavy atom. The number of rotatable bonds is 6. The van der Waals surface area contributed by atoms with Gasteiger partial charge >= 0.3 is 0 Å². The largest absolute Gasteiger partial charge is 0.347 e. The molecule has 1 fully saturated rings. The highest BCUT2D eigenvalue weighted by atomic mass is 32.1. The topological polar surface area (TPSA) is 31.4 Å². The number of nitrogens with zero attached hydrogens (tertiary/aromatic N) is 3. The first-order valence-electron chi connectivity index (χ1n) is 8.14. The van der Waals surface area contributed by atoms with E-state index in [1.165, 1.54) is 28.5 Å². The molecule has 1 aliphatic rings. The molecule has 1 aromatic rings. The molecule has 0 spiro atoms. The van der Waals surface area contributed by atoms with E-state index < -0.39 is 0 Å². The SMILES string of the molecule is CCNCc1sc(N2CCCC(N(C)C)C2)nc1C(C)C. The molecule has 1 aromatic heterocycles. The van der Waals surface area contributed by atoms with E-state index in [1.807, 2.05) is 11.3 Å². The van der Waals surface area contributed by atoms with Crippen molar-refractivity contribution in [3.63, 3.8) is 0 Å². The molecule has 1 saturated heterocycles. The maximum absolute atomic E-state index is 4.97. The van der Waals surface area contributed by atoms with Gasteiger partial charge in [-0.05, 0) is 39.4 Å². The zero-order valence-corrected chi connectivity index (χ0v) is 15.0. The van der Waals surface area contributed by atoms with E-state index in [9.17, 15) is 0 Å². The molecule has 1 unspecified atom stereocenters.